The van der Waals surface area contributed by atoms with Gasteiger partial charge in [0.15, 0.2) is 0 Å². The zero-order valence-corrected chi connectivity index (χ0v) is 13.1. The Labute approximate surface area is 130 Å². The van der Waals surface area contributed by atoms with Crippen LogP contribution < -0.4 is 10.2 Å². The van der Waals surface area contributed by atoms with E-state index in [0.29, 0.717) is 12.8 Å². The van der Waals surface area contributed by atoms with Crippen LogP contribution in [0.5, 0.6) is 0 Å². The van der Waals surface area contributed by atoms with Crippen molar-refractivity contribution in [2.24, 2.45) is 5.92 Å². The number of rotatable bonds is 4. The second kappa shape index (κ2) is 6.85. The van der Waals surface area contributed by atoms with Gasteiger partial charge < -0.3 is 9.88 Å². The van der Waals surface area contributed by atoms with Crippen LogP contribution in [0.2, 0.25) is 0 Å². The van der Waals surface area contributed by atoms with Crippen molar-refractivity contribution in [1.82, 2.24) is 9.88 Å². The summed E-state index contributed by atoms with van der Waals surface area (Å²) in [6.45, 7) is 2.04. The van der Waals surface area contributed by atoms with Crippen molar-refractivity contribution in [2.45, 2.75) is 57.8 Å². The van der Waals surface area contributed by atoms with Crippen molar-refractivity contribution >= 4 is 17.2 Å². The first-order valence-electron chi connectivity index (χ1n) is 7.28. The van der Waals surface area contributed by atoms with Gasteiger partial charge in [-0.05, 0) is 26.2 Å². The second-order valence-electron chi connectivity index (χ2n) is 5.71. The average Bonchev–Trinajstić information content (AvgIpc) is 2.75. The van der Waals surface area contributed by atoms with Gasteiger partial charge >= 0.3 is 11.0 Å². The van der Waals surface area contributed by atoms with Crippen LogP contribution in [0.25, 0.3) is 0 Å². The number of carbonyl (C=O) groups is 1. The highest BCUT2D eigenvalue weighted by atomic mass is 32.1. The lowest BCUT2D eigenvalue weighted by Gasteiger charge is -2.31. The van der Waals surface area contributed by atoms with Gasteiger partial charge in [0, 0.05) is 30.1 Å². The Kier molecular flexibility index (Phi) is 5.31. The Hall–Kier alpha value is -1.31. The minimum atomic E-state index is -4.19. The molecule has 1 N–H and O–H groups in total. The molecule has 1 fully saturated rings. The van der Waals surface area contributed by atoms with Crippen molar-refractivity contribution in [3.05, 3.63) is 20.7 Å². The zero-order chi connectivity index (χ0) is 16.3. The number of halogens is 3. The molecule has 1 aromatic rings. The van der Waals surface area contributed by atoms with Gasteiger partial charge in [-0.15, -0.1) is 0 Å². The number of alkyl halides is 3. The average molecular weight is 336 g/mol. The molecule has 4 nitrogen and oxygen atoms in total. The molecule has 1 heterocycles. The molecule has 0 spiro atoms. The predicted octanol–water partition coefficient (Wildman–Crippen LogP) is 2.85. The monoisotopic (exact) mass is 336 g/mol. The van der Waals surface area contributed by atoms with Gasteiger partial charge in [0.1, 0.15) is 0 Å². The molecular formula is C14H19F3N2O2S. The Balaban J connectivity index is 1.83. The lowest BCUT2D eigenvalue weighted by Crippen LogP contribution is -2.41. The largest absolute Gasteiger partial charge is 0.391 e. The molecule has 8 heteroatoms. The number of aryl methyl sites for hydroxylation is 1. The fourth-order valence-electron chi connectivity index (χ4n) is 2.81. The third-order valence-corrected chi connectivity index (χ3v) is 4.92. The minimum absolute atomic E-state index is 0.0489. The Morgan fingerprint density at radius 1 is 1.45 bits per heavy atom. The summed E-state index contributed by atoms with van der Waals surface area (Å²) in [5, 5.41) is 4.39. The highest BCUT2D eigenvalue weighted by Crippen LogP contribution is 2.37. The van der Waals surface area contributed by atoms with Crippen LogP contribution in [0.4, 0.5) is 13.2 Å². The van der Waals surface area contributed by atoms with E-state index in [1.165, 1.54) is 4.57 Å². The maximum absolute atomic E-state index is 12.7. The number of hydrogen-bond acceptors (Lipinski definition) is 3. The maximum Gasteiger partial charge on any atom is 0.391 e. The molecule has 0 aromatic carbocycles. The minimum Gasteiger partial charge on any atom is -0.353 e. The molecule has 1 aliphatic carbocycles. The summed E-state index contributed by atoms with van der Waals surface area (Å²) in [7, 11) is 0. The number of amides is 1. The molecule has 0 radical (unpaired) electrons. The fourth-order valence-corrected chi connectivity index (χ4v) is 3.57. The molecular weight excluding hydrogens is 317 g/mol. The van der Waals surface area contributed by atoms with E-state index in [2.05, 4.69) is 5.32 Å². The number of carbonyl (C=O) groups excluding carboxylic acids is 1. The Morgan fingerprint density at radius 2 is 2.18 bits per heavy atom. The van der Waals surface area contributed by atoms with Crippen molar-refractivity contribution in [2.75, 3.05) is 0 Å². The topological polar surface area (TPSA) is 51.1 Å². The van der Waals surface area contributed by atoms with Crippen LogP contribution in [0.1, 0.15) is 37.8 Å². The number of hydrogen-bond donors (Lipinski definition) is 1. The molecule has 1 aliphatic rings. The molecule has 124 valence electrons. The molecule has 0 bridgehead atoms. The van der Waals surface area contributed by atoms with E-state index in [4.69, 9.17) is 0 Å². The van der Waals surface area contributed by atoms with Crippen molar-refractivity contribution < 1.29 is 18.0 Å². The van der Waals surface area contributed by atoms with E-state index in [0.717, 1.165) is 17.0 Å². The number of thiazole rings is 1. The maximum atomic E-state index is 12.7. The third-order valence-electron chi connectivity index (χ3n) is 4.04. The quantitative estimate of drug-likeness (QED) is 0.919. The standard InChI is InChI=1S/C14H19F3N2O2S/c1-9-8-22-13(21)19(9)6-5-12(20)18-11-4-2-3-10(7-11)14(15,16)17/h8,10-11H,2-7H2,1H3,(H,18,20)/t10-,11+/m1/s1. The Morgan fingerprint density at radius 3 is 2.77 bits per heavy atom. The molecule has 1 saturated carbocycles. The molecule has 2 atom stereocenters. The van der Waals surface area contributed by atoms with Crippen molar-refractivity contribution in [3.8, 4) is 0 Å². The summed E-state index contributed by atoms with van der Waals surface area (Å²) < 4.78 is 39.7. The summed E-state index contributed by atoms with van der Waals surface area (Å²) >= 11 is 1.07. The zero-order valence-electron chi connectivity index (χ0n) is 12.3. The molecule has 0 aliphatic heterocycles. The molecule has 2 rings (SSSR count). The normalized spacial score (nSPS) is 22.5. The second-order valence-corrected chi connectivity index (χ2v) is 6.53. The van der Waals surface area contributed by atoms with Gasteiger partial charge in [-0.3, -0.25) is 9.59 Å². The smallest absolute Gasteiger partial charge is 0.353 e. The Bertz CT molecular complexity index is 579. The van der Waals surface area contributed by atoms with Gasteiger partial charge in [-0.1, -0.05) is 17.8 Å². The van der Waals surface area contributed by atoms with Crippen molar-refractivity contribution in [3.63, 3.8) is 0 Å². The fraction of sp³-hybridized carbons (Fsp3) is 0.714. The van der Waals surface area contributed by atoms with Gasteiger partial charge in [-0.25, -0.2) is 0 Å². The van der Waals surface area contributed by atoms with Crippen molar-refractivity contribution in [1.29, 1.82) is 0 Å². The van der Waals surface area contributed by atoms with Crippen LogP contribution in [-0.4, -0.2) is 22.7 Å². The first kappa shape index (κ1) is 17.1. The molecule has 0 unspecified atom stereocenters. The number of nitrogens with one attached hydrogen (secondary N) is 1. The van der Waals surface area contributed by atoms with E-state index in [-0.39, 0.29) is 36.6 Å². The number of aromatic nitrogens is 1. The van der Waals surface area contributed by atoms with Crippen LogP contribution in [0.3, 0.4) is 0 Å². The lowest BCUT2D eigenvalue weighted by molar-refractivity contribution is -0.184. The van der Waals surface area contributed by atoms with E-state index >= 15 is 0 Å². The molecule has 1 amide bonds. The van der Waals surface area contributed by atoms with E-state index in [1.54, 1.807) is 12.3 Å². The van der Waals surface area contributed by atoms with E-state index in [9.17, 15) is 22.8 Å². The van der Waals surface area contributed by atoms with Gasteiger partial charge in [0.05, 0.1) is 5.92 Å². The van der Waals surface area contributed by atoms with Crippen LogP contribution in [0, 0.1) is 12.8 Å². The van der Waals surface area contributed by atoms with Crippen LogP contribution in [-0.2, 0) is 11.3 Å². The molecule has 0 saturated heterocycles. The first-order valence-corrected chi connectivity index (χ1v) is 8.16. The molecule has 1 aromatic heterocycles. The van der Waals surface area contributed by atoms with Crippen LogP contribution in [0.15, 0.2) is 10.2 Å². The third kappa shape index (κ3) is 4.34. The lowest BCUT2D eigenvalue weighted by atomic mass is 9.85. The summed E-state index contributed by atoms with van der Waals surface area (Å²) in [6, 6.07) is -0.423. The first-order chi connectivity index (χ1) is 10.3. The predicted molar refractivity (Wildman–Crippen MR) is 77.9 cm³/mol. The SMILES string of the molecule is Cc1csc(=O)n1CCC(=O)N[C@H]1CCC[C@@H](C(F)(F)F)C1. The van der Waals surface area contributed by atoms with E-state index in [1.807, 2.05) is 0 Å². The highest BCUT2D eigenvalue weighted by molar-refractivity contribution is 7.07. The summed E-state index contributed by atoms with van der Waals surface area (Å²) in [6.07, 6.45) is -2.95. The summed E-state index contributed by atoms with van der Waals surface area (Å²) in [5.41, 5.74) is 0.789. The van der Waals surface area contributed by atoms with Gasteiger partial charge in [-0.2, -0.15) is 13.2 Å². The van der Waals surface area contributed by atoms with Crippen LogP contribution >= 0.6 is 11.3 Å². The van der Waals surface area contributed by atoms with Gasteiger partial charge in [0.2, 0.25) is 5.91 Å². The summed E-state index contributed by atoms with van der Waals surface area (Å²) in [4.78, 5) is 23.3. The van der Waals surface area contributed by atoms with Gasteiger partial charge in [0.25, 0.3) is 0 Å². The van der Waals surface area contributed by atoms with E-state index < -0.39 is 18.1 Å². The highest BCUT2D eigenvalue weighted by Gasteiger charge is 2.42. The molecule has 22 heavy (non-hydrogen) atoms. The number of nitrogens with zero attached hydrogens (tertiary/aromatic N) is 1. The summed E-state index contributed by atoms with van der Waals surface area (Å²) in [5.74, 6) is -1.63.